The van der Waals surface area contributed by atoms with Crippen LogP contribution in [0.4, 0.5) is 11.4 Å². The van der Waals surface area contributed by atoms with Crippen molar-refractivity contribution in [2.24, 2.45) is 0 Å². The van der Waals surface area contributed by atoms with E-state index in [1.165, 1.54) is 6.07 Å². The van der Waals surface area contributed by atoms with Gasteiger partial charge in [-0.25, -0.2) is 0 Å². The van der Waals surface area contributed by atoms with Crippen molar-refractivity contribution in [3.05, 3.63) is 52.7 Å². The van der Waals surface area contributed by atoms with E-state index >= 15 is 0 Å². The monoisotopic (exact) mass is 366 g/mol. The molecule has 0 spiro atoms. The molecule has 1 aliphatic rings. The summed E-state index contributed by atoms with van der Waals surface area (Å²) in [6.07, 6.45) is 1.63. The average molecular weight is 366 g/mol. The van der Waals surface area contributed by atoms with Gasteiger partial charge in [0.05, 0.1) is 4.92 Å². The molecule has 9 heteroatoms. The highest BCUT2D eigenvalue weighted by molar-refractivity contribution is 5.72. The van der Waals surface area contributed by atoms with Gasteiger partial charge in [0.25, 0.3) is 11.6 Å². The van der Waals surface area contributed by atoms with Crippen LogP contribution in [0.1, 0.15) is 0 Å². The van der Waals surface area contributed by atoms with Gasteiger partial charge in [-0.3, -0.25) is 15.1 Å². The van der Waals surface area contributed by atoms with Crippen molar-refractivity contribution in [1.82, 2.24) is 20.0 Å². The fourth-order valence-corrected chi connectivity index (χ4v) is 3.06. The molecule has 4 rings (SSSR count). The molecule has 0 bridgehead atoms. The van der Waals surface area contributed by atoms with E-state index in [0.717, 1.165) is 26.2 Å². The summed E-state index contributed by atoms with van der Waals surface area (Å²) in [5.74, 6) is 0.570. The van der Waals surface area contributed by atoms with Gasteiger partial charge < -0.3 is 14.3 Å². The zero-order valence-electron chi connectivity index (χ0n) is 14.8. The summed E-state index contributed by atoms with van der Waals surface area (Å²) < 4.78 is 5.25. The molecule has 1 aromatic carbocycles. The van der Waals surface area contributed by atoms with Crippen molar-refractivity contribution < 1.29 is 9.45 Å². The first kappa shape index (κ1) is 17.1. The summed E-state index contributed by atoms with van der Waals surface area (Å²) >= 11 is 0. The molecule has 2 aromatic heterocycles. The van der Waals surface area contributed by atoms with Crippen LogP contribution in [0.3, 0.4) is 0 Å². The fraction of sp³-hybridized carbons (Fsp3) is 0.278. The molecule has 1 saturated heterocycles. The number of benzene rings is 1. The Hall–Kier alpha value is -3.33. The Labute approximate surface area is 155 Å². The quantitative estimate of drug-likeness (QED) is 0.513. The number of nitro benzene ring substituents is 1. The second-order valence-electron chi connectivity index (χ2n) is 6.39. The third-order valence-electron chi connectivity index (χ3n) is 4.58. The van der Waals surface area contributed by atoms with E-state index in [4.69, 9.17) is 4.52 Å². The highest BCUT2D eigenvalue weighted by Gasteiger charge is 2.24. The first-order valence-corrected chi connectivity index (χ1v) is 8.59. The minimum absolute atomic E-state index is 0.0428. The zero-order valence-corrected chi connectivity index (χ0v) is 14.8. The highest BCUT2D eigenvalue weighted by Crippen LogP contribution is 2.33. The predicted octanol–water partition coefficient (Wildman–Crippen LogP) is 2.46. The summed E-state index contributed by atoms with van der Waals surface area (Å²) in [4.78, 5) is 24.0. The van der Waals surface area contributed by atoms with Gasteiger partial charge in [-0.2, -0.15) is 4.98 Å². The van der Waals surface area contributed by atoms with Gasteiger partial charge in [-0.05, 0) is 31.3 Å². The molecule has 3 heterocycles. The molecule has 0 unspecified atom stereocenters. The first-order valence-electron chi connectivity index (χ1n) is 8.59. The summed E-state index contributed by atoms with van der Waals surface area (Å²) in [6, 6.07) is 10.4. The van der Waals surface area contributed by atoms with Crippen LogP contribution < -0.4 is 4.90 Å². The molecule has 1 aliphatic heterocycles. The lowest BCUT2D eigenvalue weighted by atomic mass is 10.1. The van der Waals surface area contributed by atoms with Crippen LogP contribution in [-0.2, 0) is 0 Å². The maximum Gasteiger partial charge on any atom is 0.293 e. The zero-order chi connectivity index (χ0) is 18.8. The summed E-state index contributed by atoms with van der Waals surface area (Å²) in [6.45, 7) is 3.25. The number of hydrogen-bond donors (Lipinski definition) is 0. The number of nitro groups is 1. The van der Waals surface area contributed by atoms with Crippen LogP contribution in [0.15, 0.2) is 47.1 Å². The number of nitrogens with zero attached hydrogens (tertiary/aromatic N) is 6. The number of aromatic nitrogens is 3. The number of pyridine rings is 1. The number of anilines is 1. The Morgan fingerprint density at radius 1 is 1.15 bits per heavy atom. The summed E-state index contributed by atoms with van der Waals surface area (Å²) in [5.41, 5.74) is 1.75. The van der Waals surface area contributed by atoms with Gasteiger partial charge in [0.1, 0.15) is 11.4 Å². The molecule has 9 nitrogen and oxygen atoms in total. The van der Waals surface area contributed by atoms with Gasteiger partial charge in [0, 0.05) is 44.0 Å². The summed E-state index contributed by atoms with van der Waals surface area (Å²) in [7, 11) is 2.05. The molecule has 0 aliphatic carbocycles. The molecule has 0 N–H and O–H groups in total. The number of hydrogen-bond acceptors (Lipinski definition) is 8. The number of likely N-dealkylation sites (N-methyl/N-ethyl adjacent to an activating group) is 1. The van der Waals surface area contributed by atoms with Crippen molar-refractivity contribution in [2.75, 3.05) is 38.1 Å². The van der Waals surface area contributed by atoms with Crippen LogP contribution in [0, 0.1) is 10.1 Å². The van der Waals surface area contributed by atoms with Crippen molar-refractivity contribution in [3.8, 4) is 23.0 Å². The number of rotatable bonds is 4. The minimum Gasteiger partial charge on any atom is -0.363 e. The van der Waals surface area contributed by atoms with Gasteiger partial charge in [-0.15, -0.1) is 0 Å². The van der Waals surface area contributed by atoms with Crippen molar-refractivity contribution >= 4 is 11.4 Å². The Balaban J connectivity index is 1.66. The normalized spacial score (nSPS) is 15.1. The second kappa shape index (κ2) is 7.12. The lowest BCUT2D eigenvalue weighted by Crippen LogP contribution is -2.44. The fourth-order valence-electron chi connectivity index (χ4n) is 3.06. The molecule has 0 saturated carbocycles. The lowest BCUT2D eigenvalue weighted by Gasteiger charge is -2.33. The third kappa shape index (κ3) is 3.49. The topological polar surface area (TPSA) is 101 Å². The second-order valence-corrected chi connectivity index (χ2v) is 6.39. The van der Waals surface area contributed by atoms with Crippen LogP contribution in [0.5, 0.6) is 0 Å². The molecule has 0 amide bonds. The van der Waals surface area contributed by atoms with E-state index in [1.54, 1.807) is 30.5 Å². The Bertz CT molecular complexity index is 951. The molecule has 3 aromatic rings. The molecule has 27 heavy (non-hydrogen) atoms. The Kier molecular flexibility index (Phi) is 4.51. The van der Waals surface area contributed by atoms with E-state index in [0.29, 0.717) is 22.8 Å². The standard InChI is InChI=1S/C18H18N6O3/c1-22-8-10-23(11-9-22)15-6-5-13(12-16(15)24(25)26)17-20-18(27-21-17)14-4-2-3-7-19-14/h2-7,12H,8-11H2,1H3. The molecule has 1 fully saturated rings. The largest absolute Gasteiger partial charge is 0.363 e. The Morgan fingerprint density at radius 2 is 1.96 bits per heavy atom. The van der Waals surface area contributed by atoms with Crippen LogP contribution in [0.2, 0.25) is 0 Å². The maximum absolute atomic E-state index is 11.6. The van der Waals surface area contributed by atoms with E-state index in [1.807, 2.05) is 18.0 Å². The Morgan fingerprint density at radius 3 is 2.67 bits per heavy atom. The third-order valence-corrected chi connectivity index (χ3v) is 4.58. The molecular weight excluding hydrogens is 348 g/mol. The van der Waals surface area contributed by atoms with Crippen LogP contribution in [0.25, 0.3) is 23.0 Å². The minimum atomic E-state index is -0.364. The van der Waals surface area contributed by atoms with E-state index in [-0.39, 0.29) is 16.5 Å². The summed E-state index contributed by atoms with van der Waals surface area (Å²) in [5, 5.41) is 15.6. The van der Waals surface area contributed by atoms with Crippen molar-refractivity contribution in [1.29, 1.82) is 0 Å². The lowest BCUT2D eigenvalue weighted by molar-refractivity contribution is -0.384. The maximum atomic E-state index is 11.6. The van der Waals surface area contributed by atoms with Gasteiger partial charge in [-0.1, -0.05) is 11.2 Å². The van der Waals surface area contributed by atoms with Crippen LogP contribution >= 0.6 is 0 Å². The van der Waals surface area contributed by atoms with Crippen LogP contribution in [-0.4, -0.2) is 58.2 Å². The average Bonchev–Trinajstić information content (AvgIpc) is 3.19. The van der Waals surface area contributed by atoms with Gasteiger partial charge in [0.15, 0.2) is 0 Å². The van der Waals surface area contributed by atoms with E-state index < -0.39 is 0 Å². The van der Waals surface area contributed by atoms with E-state index in [2.05, 4.69) is 20.0 Å². The highest BCUT2D eigenvalue weighted by atomic mass is 16.6. The predicted molar refractivity (Wildman–Crippen MR) is 99.3 cm³/mol. The first-order chi connectivity index (χ1) is 13.1. The van der Waals surface area contributed by atoms with Gasteiger partial charge >= 0.3 is 0 Å². The smallest absolute Gasteiger partial charge is 0.293 e. The molecule has 0 atom stereocenters. The van der Waals surface area contributed by atoms with Crippen molar-refractivity contribution in [3.63, 3.8) is 0 Å². The van der Waals surface area contributed by atoms with E-state index in [9.17, 15) is 10.1 Å². The molecule has 0 radical (unpaired) electrons. The van der Waals surface area contributed by atoms with Gasteiger partial charge in [0.2, 0.25) is 5.82 Å². The molecule has 138 valence electrons. The SMILES string of the molecule is CN1CCN(c2ccc(-c3noc(-c4ccccn4)n3)cc2[N+](=O)[O-])CC1. The van der Waals surface area contributed by atoms with Crippen molar-refractivity contribution in [2.45, 2.75) is 0 Å². The number of piperazine rings is 1. The molecular formula is C18H18N6O3.